The molecular formula is C21H25N3O2S2. The molecule has 28 heavy (non-hydrogen) atoms. The summed E-state index contributed by atoms with van der Waals surface area (Å²) in [6.07, 6.45) is 1.56. The van der Waals surface area contributed by atoms with Crippen molar-refractivity contribution >= 4 is 44.9 Å². The van der Waals surface area contributed by atoms with Crippen molar-refractivity contribution in [3.63, 3.8) is 0 Å². The number of carbonyl (C=O) groups excluding carboxylic acids is 1. The smallest absolute Gasteiger partial charge is 0.234 e. The summed E-state index contributed by atoms with van der Waals surface area (Å²) in [5, 5.41) is 4.88. The highest BCUT2D eigenvalue weighted by molar-refractivity contribution is 8.00. The normalized spacial score (nSPS) is 11.6. The second kappa shape index (κ2) is 8.09. The number of hydrogen-bond donors (Lipinski definition) is 1. The minimum absolute atomic E-state index is 0.0125. The topological polar surface area (TPSA) is 64.1 Å². The van der Waals surface area contributed by atoms with Gasteiger partial charge in [-0.05, 0) is 42.5 Å². The highest BCUT2D eigenvalue weighted by Crippen LogP contribution is 2.35. The van der Waals surface area contributed by atoms with Crippen LogP contribution < -0.4 is 10.1 Å². The lowest BCUT2D eigenvalue weighted by atomic mass is 9.87. The number of nitrogens with one attached hydrogen (secondary N) is 1. The van der Waals surface area contributed by atoms with Gasteiger partial charge in [-0.25, -0.2) is 9.97 Å². The number of amides is 1. The van der Waals surface area contributed by atoms with Crippen molar-refractivity contribution in [1.29, 1.82) is 0 Å². The summed E-state index contributed by atoms with van der Waals surface area (Å²) < 4.78 is 5.41. The van der Waals surface area contributed by atoms with Gasteiger partial charge in [-0.1, -0.05) is 38.6 Å². The molecule has 2 aromatic heterocycles. The zero-order valence-electron chi connectivity index (χ0n) is 17.0. The molecule has 0 bridgehead atoms. The Morgan fingerprint density at radius 3 is 2.68 bits per heavy atom. The second-order valence-electron chi connectivity index (χ2n) is 7.64. The Bertz CT molecular complexity index is 1020. The number of aromatic nitrogens is 2. The van der Waals surface area contributed by atoms with Crippen LogP contribution in [-0.4, -0.2) is 28.7 Å². The summed E-state index contributed by atoms with van der Waals surface area (Å²) in [6, 6.07) is 5.91. The largest absolute Gasteiger partial charge is 0.495 e. The number of nitrogens with zero attached hydrogens (tertiary/aromatic N) is 2. The van der Waals surface area contributed by atoms with E-state index in [-0.39, 0.29) is 17.1 Å². The molecule has 0 fully saturated rings. The van der Waals surface area contributed by atoms with Crippen LogP contribution in [0.2, 0.25) is 0 Å². The number of anilines is 1. The standard InChI is InChI=1S/C21H25N3O2S2/c1-12-13(2)28-20-18(12)19(22-11-23-20)27-10-17(25)24-15-9-14(21(3,4)5)7-8-16(15)26-6/h7-9,11H,10H2,1-6H3,(H,24,25). The molecule has 0 aliphatic rings. The van der Waals surface area contributed by atoms with E-state index < -0.39 is 0 Å². The molecule has 5 nitrogen and oxygen atoms in total. The van der Waals surface area contributed by atoms with E-state index in [1.54, 1.807) is 24.8 Å². The second-order valence-corrected chi connectivity index (χ2v) is 9.81. The Kier molecular flexibility index (Phi) is 5.95. The maximum Gasteiger partial charge on any atom is 0.234 e. The van der Waals surface area contributed by atoms with Crippen LogP contribution in [0.5, 0.6) is 5.75 Å². The van der Waals surface area contributed by atoms with Crippen molar-refractivity contribution in [2.75, 3.05) is 18.2 Å². The van der Waals surface area contributed by atoms with E-state index in [1.165, 1.54) is 22.2 Å². The van der Waals surface area contributed by atoms with Gasteiger partial charge >= 0.3 is 0 Å². The number of ether oxygens (including phenoxy) is 1. The maximum atomic E-state index is 12.6. The monoisotopic (exact) mass is 415 g/mol. The molecule has 0 saturated heterocycles. The molecule has 1 aromatic carbocycles. The van der Waals surface area contributed by atoms with Crippen molar-refractivity contribution < 1.29 is 9.53 Å². The lowest BCUT2D eigenvalue weighted by Crippen LogP contribution is -2.17. The molecule has 0 radical (unpaired) electrons. The fraction of sp³-hybridized carbons (Fsp3) is 0.381. The summed E-state index contributed by atoms with van der Waals surface area (Å²) >= 11 is 3.09. The first-order valence-electron chi connectivity index (χ1n) is 9.02. The van der Waals surface area contributed by atoms with Crippen LogP contribution >= 0.6 is 23.1 Å². The number of rotatable bonds is 5. The van der Waals surface area contributed by atoms with Gasteiger partial charge in [-0.2, -0.15) is 0 Å². The van der Waals surface area contributed by atoms with Crippen molar-refractivity contribution in [3.05, 3.63) is 40.5 Å². The molecule has 0 saturated carbocycles. The van der Waals surface area contributed by atoms with Crippen LogP contribution in [0, 0.1) is 13.8 Å². The highest BCUT2D eigenvalue weighted by Gasteiger charge is 2.18. The first-order valence-corrected chi connectivity index (χ1v) is 10.8. The third-order valence-electron chi connectivity index (χ3n) is 4.61. The summed E-state index contributed by atoms with van der Waals surface area (Å²) in [7, 11) is 1.61. The zero-order valence-corrected chi connectivity index (χ0v) is 18.7. The minimum Gasteiger partial charge on any atom is -0.495 e. The Labute approximate surface area is 173 Å². The molecule has 148 valence electrons. The zero-order chi connectivity index (χ0) is 20.5. The number of thioether (sulfide) groups is 1. The molecule has 0 spiro atoms. The van der Waals surface area contributed by atoms with Crippen LogP contribution in [0.1, 0.15) is 36.8 Å². The molecule has 0 aliphatic heterocycles. The van der Waals surface area contributed by atoms with Crippen LogP contribution in [0.3, 0.4) is 0 Å². The maximum absolute atomic E-state index is 12.6. The number of aryl methyl sites for hydroxylation is 2. The predicted molar refractivity (Wildman–Crippen MR) is 118 cm³/mol. The van der Waals surface area contributed by atoms with Crippen molar-refractivity contribution in [2.24, 2.45) is 0 Å². The van der Waals surface area contributed by atoms with Crippen molar-refractivity contribution in [2.45, 2.75) is 45.1 Å². The van der Waals surface area contributed by atoms with E-state index in [1.807, 2.05) is 18.2 Å². The first kappa shape index (κ1) is 20.6. The molecule has 3 aromatic rings. The molecule has 0 atom stereocenters. The number of fused-ring (bicyclic) bond motifs is 1. The first-order chi connectivity index (χ1) is 13.2. The van der Waals surface area contributed by atoms with E-state index in [0.717, 1.165) is 20.8 Å². The quantitative estimate of drug-likeness (QED) is 0.450. The van der Waals surface area contributed by atoms with E-state index in [0.29, 0.717) is 11.4 Å². The van der Waals surface area contributed by atoms with E-state index >= 15 is 0 Å². The molecule has 1 N–H and O–H groups in total. The Morgan fingerprint density at radius 1 is 1.25 bits per heavy atom. The highest BCUT2D eigenvalue weighted by atomic mass is 32.2. The molecule has 0 unspecified atom stereocenters. The number of thiophene rings is 1. The molecule has 1 amide bonds. The summed E-state index contributed by atoms with van der Waals surface area (Å²) in [5.41, 5.74) is 3.00. The average Bonchev–Trinajstić information content (AvgIpc) is 2.94. The summed E-state index contributed by atoms with van der Waals surface area (Å²) in [4.78, 5) is 23.6. The van der Waals surface area contributed by atoms with Gasteiger partial charge in [0.15, 0.2) is 0 Å². The van der Waals surface area contributed by atoms with Crippen LogP contribution in [0.15, 0.2) is 29.6 Å². The Balaban J connectivity index is 1.77. The average molecular weight is 416 g/mol. The molecule has 7 heteroatoms. The Morgan fingerprint density at radius 2 is 2.00 bits per heavy atom. The van der Waals surface area contributed by atoms with Gasteiger partial charge in [0.05, 0.1) is 18.6 Å². The summed E-state index contributed by atoms with van der Waals surface area (Å²) in [5.74, 6) is 0.828. The van der Waals surface area contributed by atoms with E-state index in [4.69, 9.17) is 4.74 Å². The van der Waals surface area contributed by atoms with E-state index in [2.05, 4.69) is 49.9 Å². The molecule has 2 heterocycles. The van der Waals surface area contributed by atoms with Gasteiger partial charge in [0.25, 0.3) is 0 Å². The van der Waals surface area contributed by atoms with Gasteiger partial charge in [-0.15, -0.1) is 11.3 Å². The fourth-order valence-electron chi connectivity index (χ4n) is 2.85. The third-order valence-corrected chi connectivity index (χ3v) is 6.71. The van der Waals surface area contributed by atoms with Crippen LogP contribution in [0.4, 0.5) is 5.69 Å². The van der Waals surface area contributed by atoms with Gasteiger partial charge < -0.3 is 10.1 Å². The minimum atomic E-state index is -0.0919. The van der Waals surface area contributed by atoms with Crippen LogP contribution in [-0.2, 0) is 10.2 Å². The van der Waals surface area contributed by atoms with Gasteiger partial charge in [-0.3, -0.25) is 4.79 Å². The lowest BCUT2D eigenvalue weighted by molar-refractivity contribution is -0.113. The van der Waals surface area contributed by atoms with E-state index in [9.17, 15) is 4.79 Å². The number of hydrogen-bond acceptors (Lipinski definition) is 6. The van der Waals surface area contributed by atoms with Gasteiger partial charge in [0.2, 0.25) is 5.91 Å². The summed E-state index contributed by atoms with van der Waals surface area (Å²) in [6.45, 7) is 10.6. The SMILES string of the molecule is COc1ccc(C(C)(C)C)cc1NC(=O)CSc1ncnc2sc(C)c(C)c12. The van der Waals surface area contributed by atoms with Gasteiger partial charge in [0.1, 0.15) is 21.9 Å². The number of benzene rings is 1. The molecule has 3 rings (SSSR count). The van der Waals surface area contributed by atoms with Gasteiger partial charge in [0, 0.05) is 10.3 Å². The lowest BCUT2D eigenvalue weighted by Gasteiger charge is -2.21. The molecular weight excluding hydrogens is 390 g/mol. The Hall–Kier alpha value is -2.12. The van der Waals surface area contributed by atoms with Crippen molar-refractivity contribution in [1.82, 2.24) is 9.97 Å². The fourth-order valence-corrected chi connectivity index (χ4v) is 4.77. The molecule has 0 aliphatic carbocycles. The van der Waals surface area contributed by atoms with Crippen molar-refractivity contribution in [3.8, 4) is 5.75 Å². The van der Waals surface area contributed by atoms with Crippen LogP contribution in [0.25, 0.3) is 10.2 Å². The predicted octanol–water partition coefficient (Wildman–Crippen LogP) is 5.35. The third kappa shape index (κ3) is 4.31. The number of methoxy groups -OCH3 is 1. The number of carbonyl (C=O) groups is 1.